The molecule has 0 radical (unpaired) electrons. The number of hydrogen-bond acceptors (Lipinski definition) is 5. The summed E-state index contributed by atoms with van der Waals surface area (Å²) in [7, 11) is -2.39. The SMILES string of the molecule is O=C(CS(=O)c1ccc(SC(F)(F)F)cc1[N+](=O)[O-])Nc1cc(C(F)(F)F)ccc1Cl. The lowest BCUT2D eigenvalue weighted by atomic mass is 10.2. The molecule has 0 saturated carbocycles. The van der Waals surface area contributed by atoms with Crippen molar-refractivity contribution < 1.29 is 40.3 Å². The van der Waals surface area contributed by atoms with Gasteiger partial charge < -0.3 is 5.32 Å². The van der Waals surface area contributed by atoms with Gasteiger partial charge in [-0.1, -0.05) is 11.6 Å². The molecule has 0 aliphatic heterocycles. The zero-order chi connectivity index (χ0) is 23.6. The van der Waals surface area contributed by atoms with Crippen LogP contribution in [0, 0.1) is 10.1 Å². The fourth-order valence-corrected chi connectivity index (χ4v) is 4.00. The fourth-order valence-electron chi connectivity index (χ4n) is 2.21. The van der Waals surface area contributed by atoms with Crippen molar-refractivity contribution in [2.24, 2.45) is 0 Å². The van der Waals surface area contributed by atoms with E-state index in [0.717, 1.165) is 18.2 Å². The summed E-state index contributed by atoms with van der Waals surface area (Å²) in [5.41, 5.74) is -7.15. The van der Waals surface area contributed by atoms with Crippen LogP contribution in [0.1, 0.15) is 5.56 Å². The molecule has 0 fully saturated rings. The smallest absolute Gasteiger partial charge is 0.324 e. The van der Waals surface area contributed by atoms with Crippen molar-refractivity contribution in [1.82, 2.24) is 0 Å². The van der Waals surface area contributed by atoms with Crippen molar-refractivity contribution in [3.8, 4) is 0 Å². The molecule has 6 nitrogen and oxygen atoms in total. The Morgan fingerprint density at radius 1 is 1.13 bits per heavy atom. The van der Waals surface area contributed by atoms with Crippen molar-refractivity contribution in [1.29, 1.82) is 0 Å². The molecule has 0 aliphatic carbocycles. The predicted molar refractivity (Wildman–Crippen MR) is 101 cm³/mol. The Bertz CT molecular complexity index is 1050. The molecule has 0 saturated heterocycles. The van der Waals surface area contributed by atoms with Gasteiger partial charge in [-0.2, -0.15) is 26.3 Å². The third-order valence-electron chi connectivity index (χ3n) is 3.44. The topological polar surface area (TPSA) is 89.3 Å². The highest BCUT2D eigenvalue weighted by Gasteiger charge is 2.32. The Kier molecular flexibility index (Phi) is 7.60. The first-order valence-electron chi connectivity index (χ1n) is 7.76. The van der Waals surface area contributed by atoms with Crippen molar-refractivity contribution >= 4 is 51.4 Å². The highest BCUT2D eigenvalue weighted by Crippen LogP contribution is 2.39. The number of nitrogens with zero attached hydrogens (tertiary/aromatic N) is 1. The summed E-state index contributed by atoms with van der Waals surface area (Å²) in [4.78, 5) is 21.1. The van der Waals surface area contributed by atoms with Gasteiger partial charge >= 0.3 is 11.7 Å². The van der Waals surface area contributed by atoms with Crippen LogP contribution in [-0.2, 0) is 21.8 Å². The minimum atomic E-state index is -4.72. The number of thioether (sulfide) groups is 1. The van der Waals surface area contributed by atoms with Gasteiger partial charge in [-0.3, -0.25) is 19.1 Å². The molecule has 0 bridgehead atoms. The van der Waals surface area contributed by atoms with E-state index < -0.39 is 77.6 Å². The summed E-state index contributed by atoms with van der Waals surface area (Å²) in [6, 6.07) is 4.34. The van der Waals surface area contributed by atoms with E-state index in [1.807, 2.05) is 5.32 Å². The molecule has 1 unspecified atom stereocenters. The number of hydrogen-bond donors (Lipinski definition) is 1. The zero-order valence-corrected chi connectivity index (χ0v) is 17.1. The third kappa shape index (κ3) is 7.11. The summed E-state index contributed by atoms with van der Waals surface area (Å²) in [5.74, 6) is -2.00. The number of nitro benzene ring substituents is 1. The molecule has 168 valence electrons. The summed E-state index contributed by atoms with van der Waals surface area (Å²) in [6.07, 6.45) is -4.72. The number of halogens is 7. The number of carbonyl (C=O) groups is 1. The Morgan fingerprint density at radius 2 is 1.77 bits per heavy atom. The number of alkyl halides is 6. The largest absolute Gasteiger partial charge is 0.446 e. The summed E-state index contributed by atoms with van der Waals surface area (Å²) in [5, 5.41) is 12.9. The van der Waals surface area contributed by atoms with Gasteiger partial charge in [0.15, 0.2) is 0 Å². The van der Waals surface area contributed by atoms with Gasteiger partial charge in [-0.05, 0) is 42.1 Å². The van der Waals surface area contributed by atoms with Crippen LogP contribution >= 0.6 is 23.4 Å². The van der Waals surface area contributed by atoms with E-state index >= 15 is 0 Å². The van der Waals surface area contributed by atoms with Crippen LogP contribution in [0.15, 0.2) is 46.2 Å². The van der Waals surface area contributed by atoms with Crippen LogP contribution in [0.3, 0.4) is 0 Å². The molecule has 2 rings (SSSR count). The van der Waals surface area contributed by atoms with Gasteiger partial charge in [-0.25, -0.2) is 0 Å². The Balaban J connectivity index is 2.22. The van der Waals surface area contributed by atoms with Gasteiger partial charge in [0.1, 0.15) is 10.6 Å². The number of benzene rings is 2. The lowest BCUT2D eigenvalue weighted by Crippen LogP contribution is -2.20. The number of amides is 1. The molecule has 15 heteroatoms. The third-order valence-corrected chi connectivity index (χ3v) is 5.85. The molecule has 0 aliphatic rings. The maximum atomic E-state index is 12.8. The fraction of sp³-hybridized carbons (Fsp3) is 0.188. The maximum Gasteiger partial charge on any atom is 0.446 e. The van der Waals surface area contributed by atoms with Gasteiger partial charge in [0.25, 0.3) is 5.69 Å². The number of carbonyl (C=O) groups excluding carboxylic acids is 1. The first-order valence-corrected chi connectivity index (χ1v) is 10.3. The Hall–Kier alpha value is -2.32. The van der Waals surface area contributed by atoms with Crippen LogP contribution in [0.25, 0.3) is 0 Å². The summed E-state index contributed by atoms with van der Waals surface area (Å²) in [6.45, 7) is 0. The second-order valence-corrected chi connectivity index (χ2v) is 8.63. The average Bonchev–Trinajstić information content (AvgIpc) is 2.61. The van der Waals surface area contributed by atoms with Crippen molar-refractivity contribution in [2.75, 3.05) is 11.1 Å². The maximum absolute atomic E-state index is 12.8. The van der Waals surface area contributed by atoms with Crippen molar-refractivity contribution in [2.45, 2.75) is 21.5 Å². The van der Waals surface area contributed by atoms with Gasteiger partial charge in [0.05, 0.1) is 32.0 Å². The molecular weight excluding hydrogens is 498 g/mol. The molecular formula is C16H9ClF6N2O4S2. The van der Waals surface area contributed by atoms with E-state index in [0.29, 0.717) is 18.2 Å². The molecule has 2 aromatic rings. The van der Waals surface area contributed by atoms with Crippen LogP contribution in [0.2, 0.25) is 5.02 Å². The van der Waals surface area contributed by atoms with Crippen LogP contribution in [0.5, 0.6) is 0 Å². The lowest BCUT2D eigenvalue weighted by Gasteiger charge is -2.12. The normalized spacial score (nSPS) is 13.0. The van der Waals surface area contributed by atoms with E-state index in [9.17, 15) is 45.5 Å². The van der Waals surface area contributed by atoms with Gasteiger partial charge in [0.2, 0.25) is 5.91 Å². The molecule has 0 heterocycles. The average molecular weight is 507 g/mol. The predicted octanol–water partition coefficient (Wildman–Crippen LogP) is 5.63. The van der Waals surface area contributed by atoms with E-state index in [-0.39, 0.29) is 5.02 Å². The van der Waals surface area contributed by atoms with Crippen LogP contribution in [0.4, 0.5) is 37.7 Å². The minimum Gasteiger partial charge on any atom is -0.324 e. The zero-order valence-electron chi connectivity index (χ0n) is 14.7. The van der Waals surface area contributed by atoms with Crippen molar-refractivity contribution in [3.05, 3.63) is 57.1 Å². The molecule has 2 aromatic carbocycles. The number of anilines is 1. The highest BCUT2D eigenvalue weighted by atomic mass is 35.5. The molecule has 1 atom stereocenters. The van der Waals surface area contributed by atoms with Crippen LogP contribution in [-0.4, -0.2) is 26.3 Å². The van der Waals surface area contributed by atoms with E-state index in [1.165, 1.54) is 0 Å². The summed E-state index contributed by atoms with van der Waals surface area (Å²) >= 11 is 5.12. The van der Waals surface area contributed by atoms with E-state index in [1.54, 1.807) is 0 Å². The van der Waals surface area contributed by atoms with Gasteiger partial charge in [-0.15, -0.1) is 0 Å². The van der Waals surface area contributed by atoms with Gasteiger partial charge in [0, 0.05) is 11.0 Å². The second-order valence-electron chi connectivity index (χ2n) is 5.66. The van der Waals surface area contributed by atoms with E-state index in [4.69, 9.17) is 11.6 Å². The summed E-state index contributed by atoms with van der Waals surface area (Å²) < 4.78 is 88.1. The first-order chi connectivity index (χ1) is 14.2. The van der Waals surface area contributed by atoms with Crippen molar-refractivity contribution in [3.63, 3.8) is 0 Å². The molecule has 1 amide bonds. The Morgan fingerprint density at radius 3 is 2.32 bits per heavy atom. The number of nitro groups is 1. The minimum absolute atomic E-state index is 0.244. The standard InChI is InChI=1S/C16H9ClF6N2O4S2/c17-10-3-1-8(15(18,19)20)5-11(10)24-14(26)7-31(29)13-4-2-9(30-16(21,22)23)6-12(13)25(27)28/h1-6H,7H2,(H,24,26). The van der Waals surface area contributed by atoms with E-state index in [2.05, 4.69) is 0 Å². The van der Waals surface area contributed by atoms with Crippen LogP contribution < -0.4 is 5.32 Å². The lowest BCUT2D eigenvalue weighted by molar-refractivity contribution is -0.388. The Labute approximate surface area is 181 Å². The highest BCUT2D eigenvalue weighted by molar-refractivity contribution is 8.00. The monoisotopic (exact) mass is 506 g/mol. The quantitative estimate of drug-likeness (QED) is 0.237. The molecule has 0 aromatic heterocycles. The number of rotatable bonds is 6. The molecule has 1 N–H and O–H groups in total. The molecule has 31 heavy (non-hydrogen) atoms. The molecule has 0 spiro atoms. The second kappa shape index (κ2) is 9.44. The number of nitrogens with one attached hydrogen (secondary N) is 1. The first kappa shape index (κ1) is 24.9.